The summed E-state index contributed by atoms with van der Waals surface area (Å²) in [5.74, 6) is 2.11. The van der Waals surface area contributed by atoms with Crippen molar-refractivity contribution in [2.24, 2.45) is 5.41 Å². The van der Waals surface area contributed by atoms with E-state index in [9.17, 15) is 0 Å². The van der Waals surface area contributed by atoms with Gasteiger partial charge in [-0.1, -0.05) is 13.8 Å². The molecule has 4 heteroatoms. The molecule has 0 saturated heterocycles. The first-order valence-electron chi connectivity index (χ1n) is 7.27. The van der Waals surface area contributed by atoms with Crippen LogP contribution in [-0.2, 0) is 15.9 Å². The molecule has 1 aliphatic rings. The second-order valence-electron chi connectivity index (χ2n) is 6.63. The Balaban J connectivity index is 2.18. The van der Waals surface area contributed by atoms with Crippen LogP contribution < -0.4 is 5.32 Å². The summed E-state index contributed by atoms with van der Waals surface area (Å²) in [7, 11) is 3.34. The van der Waals surface area contributed by atoms with E-state index in [-0.39, 0.29) is 23.8 Å². The first kappa shape index (κ1) is 15.5. The maximum absolute atomic E-state index is 5.86. The third-order valence-corrected chi connectivity index (χ3v) is 4.07. The Morgan fingerprint density at radius 1 is 1.35 bits per heavy atom. The Morgan fingerprint density at radius 3 is 2.60 bits per heavy atom. The van der Waals surface area contributed by atoms with Crippen molar-refractivity contribution in [1.29, 1.82) is 0 Å². The van der Waals surface area contributed by atoms with Crippen molar-refractivity contribution >= 4 is 0 Å². The minimum Gasteiger partial charge on any atom is -0.466 e. The second kappa shape index (κ2) is 5.88. The van der Waals surface area contributed by atoms with E-state index in [1.54, 1.807) is 14.2 Å². The molecule has 0 aromatic carbocycles. The Hall–Kier alpha value is -0.840. The van der Waals surface area contributed by atoms with Gasteiger partial charge in [0, 0.05) is 32.2 Å². The lowest BCUT2D eigenvalue weighted by atomic mass is 9.74. The van der Waals surface area contributed by atoms with Gasteiger partial charge in [0.25, 0.3) is 0 Å². The number of nitrogens with one attached hydrogen (secondary N) is 1. The zero-order valence-corrected chi connectivity index (χ0v) is 13.4. The summed E-state index contributed by atoms with van der Waals surface area (Å²) >= 11 is 0. The number of furan rings is 1. The highest BCUT2D eigenvalue weighted by Gasteiger charge is 2.36. The van der Waals surface area contributed by atoms with Gasteiger partial charge in [0.05, 0.1) is 6.04 Å². The number of fused-ring (bicyclic) bond motifs is 1. The van der Waals surface area contributed by atoms with Crippen LogP contribution in [-0.4, -0.2) is 26.6 Å². The molecule has 1 N–H and O–H groups in total. The number of rotatable bonds is 5. The molecule has 1 aromatic heterocycles. The van der Waals surface area contributed by atoms with Gasteiger partial charge in [-0.2, -0.15) is 0 Å². The van der Waals surface area contributed by atoms with Gasteiger partial charge in [0.2, 0.25) is 0 Å². The number of methoxy groups -OCH3 is 2. The highest BCUT2D eigenvalue weighted by molar-refractivity contribution is 5.29. The molecule has 0 amide bonds. The summed E-state index contributed by atoms with van der Waals surface area (Å²) in [4.78, 5) is 0. The van der Waals surface area contributed by atoms with Gasteiger partial charge in [-0.05, 0) is 31.7 Å². The fourth-order valence-electron chi connectivity index (χ4n) is 3.23. The number of ether oxygens (including phenoxy) is 2. The molecule has 4 nitrogen and oxygen atoms in total. The van der Waals surface area contributed by atoms with E-state index in [4.69, 9.17) is 13.9 Å². The van der Waals surface area contributed by atoms with Crippen molar-refractivity contribution in [2.45, 2.75) is 58.9 Å². The zero-order valence-electron chi connectivity index (χ0n) is 13.4. The third-order valence-electron chi connectivity index (χ3n) is 4.07. The van der Waals surface area contributed by atoms with E-state index in [1.165, 1.54) is 5.56 Å². The smallest absolute Gasteiger partial charge is 0.171 e. The summed E-state index contributed by atoms with van der Waals surface area (Å²) in [6, 6.07) is 2.56. The van der Waals surface area contributed by atoms with Crippen molar-refractivity contribution < 1.29 is 13.9 Å². The van der Waals surface area contributed by atoms with E-state index in [1.807, 2.05) is 6.92 Å². The largest absolute Gasteiger partial charge is 0.466 e. The monoisotopic (exact) mass is 281 g/mol. The molecule has 2 rings (SSSR count). The maximum atomic E-state index is 5.86. The quantitative estimate of drug-likeness (QED) is 0.842. The standard InChI is InChI=1S/C16H27NO3/c1-10-7-12-13(17-11(2)15(18-5)19-6)8-16(3,4)9-14(12)20-10/h7,11,13,15,17H,8-9H2,1-6H3. The molecule has 2 unspecified atom stereocenters. The van der Waals surface area contributed by atoms with Gasteiger partial charge < -0.3 is 19.2 Å². The minimum atomic E-state index is -0.239. The number of aryl methyl sites for hydroxylation is 1. The molecule has 1 heterocycles. The molecule has 1 aliphatic carbocycles. The molecule has 0 aliphatic heterocycles. The van der Waals surface area contributed by atoms with Gasteiger partial charge in [-0.3, -0.25) is 0 Å². The fourth-order valence-corrected chi connectivity index (χ4v) is 3.23. The zero-order chi connectivity index (χ0) is 14.9. The summed E-state index contributed by atoms with van der Waals surface area (Å²) in [6.07, 6.45) is 1.85. The third kappa shape index (κ3) is 3.25. The average Bonchev–Trinajstić information content (AvgIpc) is 2.69. The Morgan fingerprint density at radius 2 is 2.00 bits per heavy atom. The number of hydrogen-bond acceptors (Lipinski definition) is 4. The van der Waals surface area contributed by atoms with Crippen LogP contribution in [0.5, 0.6) is 0 Å². The lowest BCUT2D eigenvalue weighted by Gasteiger charge is -2.37. The first-order chi connectivity index (χ1) is 9.36. The Bertz CT molecular complexity index is 449. The molecule has 0 fully saturated rings. The molecule has 0 bridgehead atoms. The van der Waals surface area contributed by atoms with E-state index in [2.05, 4.69) is 32.2 Å². The van der Waals surface area contributed by atoms with Crippen molar-refractivity contribution in [2.75, 3.05) is 14.2 Å². The molecule has 114 valence electrons. The average molecular weight is 281 g/mol. The predicted molar refractivity (Wildman–Crippen MR) is 78.7 cm³/mol. The van der Waals surface area contributed by atoms with Crippen LogP contribution in [0.25, 0.3) is 0 Å². The highest BCUT2D eigenvalue weighted by Crippen LogP contribution is 2.42. The molecule has 1 aromatic rings. The lowest BCUT2D eigenvalue weighted by molar-refractivity contribution is -0.121. The minimum absolute atomic E-state index is 0.118. The lowest BCUT2D eigenvalue weighted by Crippen LogP contribution is -2.44. The van der Waals surface area contributed by atoms with Crippen LogP contribution in [0.3, 0.4) is 0 Å². The predicted octanol–water partition coefficient (Wildman–Crippen LogP) is 3.20. The molecule has 2 atom stereocenters. The van der Waals surface area contributed by atoms with Crippen LogP contribution in [0.4, 0.5) is 0 Å². The van der Waals surface area contributed by atoms with E-state index in [0.29, 0.717) is 0 Å². The molecule has 0 saturated carbocycles. The van der Waals surface area contributed by atoms with Crippen molar-refractivity contribution in [3.63, 3.8) is 0 Å². The normalized spacial score (nSPS) is 22.9. The summed E-state index contributed by atoms with van der Waals surface area (Å²) < 4.78 is 16.5. The molecular weight excluding hydrogens is 254 g/mol. The highest BCUT2D eigenvalue weighted by atomic mass is 16.7. The molecule has 20 heavy (non-hydrogen) atoms. The van der Waals surface area contributed by atoms with Crippen LogP contribution in [0.15, 0.2) is 10.5 Å². The van der Waals surface area contributed by atoms with E-state index < -0.39 is 0 Å². The van der Waals surface area contributed by atoms with Crippen LogP contribution in [0.2, 0.25) is 0 Å². The Kier molecular flexibility index (Phi) is 4.57. The van der Waals surface area contributed by atoms with Crippen LogP contribution in [0, 0.1) is 12.3 Å². The first-order valence-corrected chi connectivity index (χ1v) is 7.27. The van der Waals surface area contributed by atoms with Gasteiger partial charge >= 0.3 is 0 Å². The summed E-state index contributed by atoms with van der Waals surface area (Å²) in [6.45, 7) is 8.68. The maximum Gasteiger partial charge on any atom is 0.171 e. The van der Waals surface area contributed by atoms with Crippen molar-refractivity contribution in [1.82, 2.24) is 5.32 Å². The van der Waals surface area contributed by atoms with E-state index >= 15 is 0 Å². The van der Waals surface area contributed by atoms with Gasteiger partial charge in [-0.25, -0.2) is 0 Å². The second-order valence-corrected chi connectivity index (χ2v) is 6.63. The topological polar surface area (TPSA) is 43.6 Å². The summed E-state index contributed by atoms with van der Waals surface area (Å²) in [5.41, 5.74) is 1.53. The van der Waals surface area contributed by atoms with Crippen LogP contribution >= 0.6 is 0 Å². The molecular formula is C16H27NO3. The SMILES string of the molecule is COC(OC)C(C)NC1CC(C)(C)Cc2oc(C)cc21. The van der Waals surface area contributed by atoms with Gasteiger partial charge in [0.15, 0.2) is 6.29 Å². The van der Waals surface area contributed by atoms with Gasteiger partial charge in [-0.15, -0.1) is 0 Å². The fraction of sp³-hybridized carbons (Fsp3) is 0.750. The molecule has 0 spiro atoms. The van der Waals surface area contributed by atoms with E-state index in [0.717, 1.165) is 24.4 Å². The van der Waals surface area contributed by atoms with Crippen molar-refractivity contribution in [3.8, 4) is 0 Å². The van der Waals surface area contributed by atoms with Crippen LogP contribution in [0.1, 0.15) is 50.3 Å². The Labute approximate surface area is 121 Å². The number of hydrogen-bond donors (Lipinski definition) is 1. The molecule has 0 radical (unpaired) electrons. The van der Waals surface area contributed by atoms with Crippen molar-refractivity contribution in [3.05, 3.63) is 23.2 Å². The summed E-state index contributed by atoms with van der Waals surface area (Å²) in [5, 5.41) is 3.64. The van der Waals surface area contributed by atoms with Gasteiger partial charge in [0.1, 0.15) is 11.5 Å².